The van der Waals surface area contributed by atoms with Crippen LogP contribution in [0.25, 0.3) is 0 Å². The number of rotatable bonds is 9. The summed E-state index contributed by atoms with van der Waals surface area (Å²) in [5.74, 6) is 2.59. The Bertz CT molecular complexity index is 260. The van der Waals surface area contributed by atoms with Crippen LogP contribution in [0.15, 0.2) is 0 Å². The van der Waals surface area contributed by atoms with Crippen LogP contribution in [0.5, 0.6) is 0 Å². The number of hydrogen-bond donors (Lipinski definition) is 2. The number of nitrogens with two attached hydrogens (primary N) is 1. The molecule has 0 aromatic heterocycles. The van der Waals surface area contributed by atoms with Crippen molar-refractivity contribution in [2.45, 2.75) is 71.6 Å². The highest BCUT2D eigenvalue weighted by Crippen LogP contribution is 2.29. The molecule has 1 unspecified atom stereocenters. The topological polar surface area (TPSA) is 55.1 Å². The van der Waals surface area contributed by atoms with Gasteiger partial charge < -0.3 is 11.1 Å². The lowest BCUT2D eigenvalue weighted by Crippen LogP contribution is -2.27. The summed E-state index contributed by atoms with van der Waals surface area (Å²) in [5.41, 5.74) is 5.58. The van der Waals surface area contributed by atoms with E-state index in [4.69, 9.17) is 5.73 Å². The van der Waals surface area contributed by atoms with Crippen molar-refractivity contribution in [2.75, 3.05) is 13.1 Å². The van der Waals surface area contributed by atoms with Crippen LogP contribution in [0, 0.1) is 17.8 Å². The molecule has 1 fully saturated rings. The summed E-state index contributed by atoms with van der Waals surface area (Å²) >= 11 is 0. The normalized spacial score (nSPS) is 24.4. The largest absolute Gasteiger partial charge is 0.356 e. The summed E-state index contributed by atoms with van der Waals surface area (Å²) in [4.78, 5) is 11.8. The lowest BCUT2D eigenvalue weighted by molar-refractivity contribution is -0.121. The van der Waals surface area contributed by atoms with E-state index in [1.165, 1.54) is 32.1 Å². The van der Waals surface area contributed by atoms with Crippen molar-refractivity contribution in [3.8, 4) is 0 Å². The molecule has 0 heterocycles. The fourth-order valence-electron chi connectivity index (χ4n) is 3.25. The van der Waals surface area contributed by atoms with Gasteiger partial charge in [-0.3, -0.25) is 4.79 Å². The molecule has 20 heavy (non-hydrogen) atoms. The molecule has 0 saturated heterocycles. The van der Waals surface area contributed by atoms with Crippen molar-refractivity contribution in [2.24, 2.45) is 23.5 Å². The predicted molar refractivity (Wildman–Crippen MR) is 85.4 cm³/mol. The fraction of sp³-hybridized carbons (Fsp3) is 0.941. The first-order valence-corrected chi connectivity index (χ1v) is 8.62. The van der Waals surface area contributed by atoms with Crippen molar-refractivity contribution in [1.29, 1.82) is 0 Å². The van der Waals surface area contributed by atoms with E-state index in [0.29, 0.717) is 12.3 Å². The summed E-state index contributed by atoms with van der Waals surface area (Å²) in [6.07, 6.45) is 10.4. The molecular weight excluding hydrogens is 248 g/mol. The first kappa shape index (κ1) is 17.5. The average molecular weight is 282 g/mol. The second-order valence-electron chi connectivity index (χ2n) is 6.65. The Labute approximate surface area is 125 Å². The zero-order valence-corrected chi connectivity index (χ0v) is 13.5. The van der Waals surface area contributed by atoms with Crippen LogP contribution in [0.3, 0.4) is 0 Å². The van der Waals surface area contributed by atoms with E-state index in [2.05, 4.69) is 19.2 Å². The molecule has 1 aliphatic carbocycles. The van der Waals surface area contributed by atoms with Crippen LogP contribution in [0.2, 0.25) is 0 Å². The molecule has 1 atom stereocenters. The van der Waals surface area contributed by atoms with Gasteiger partial charge in [-0.25, -0.2) is 0 Å². The molecule has 0 bridgehead atoms. The quantitative estimate of drug-likeness (QED) is 0.680. The molecule has 1 rings (SSSR count). The number of carbonyl (C=O) groups is 1. The Hall–Kier alpha value is -0.570. The second kappa shape index (κ2) is 10.2. The predicted octanol–water partition coefficient (Wildman–Crippen LogP) is 3.47. The number of carbonyl (C=O) groups excluding carboxylic acids is 1. The smallest absolute Gasteiger partial charge is 0.220 e. The third-order valence-electron chi connectivity index (χ3n) is 4.94. The van der Waals surface area contributed by atoms with Crippen molar-refractivity contribution in [3.05, 3.63) is 0 Å². The highest BCUT2D eigenvalue weighted by Gasteiger charge is 2.18. The van der Waals surface area contributed by atoms with Gasteiger partial charge in [0.2, 0.25) is 5.91 Å². The van der Waals surface area contributed by atoms with Crippen LogP contribution in [0.4, 0.5) is 0 Å². The van der Waals surface area contributed by atoms with Gasteiger partial charge in [-0.15, -0.1) is 0 Å². The summed E-state index contributed by atoms with van der Waals surface area (Å²) in [6.45, 7) is 6.14. The first-order valence-electron chi connectivity index (χ1n) is 8.62. The summed E-state index contributed by atoms with van der Waals surface area (Å²) < 4.78 is 0. The maximum absolute atomic E-state index is 11.8. The van der Waals surface area contributed by atoms with Gasteiger partial charge in [-0.05, 0) is 43.6 Å². The van der Waals surface area contributed by atoms with E-state index in [1.54, 1.807) is 0 Å². The van der Waals surface area contributed by atoms with Gasteiger partial charge in [0.15, 0.2) is 0 Å². The van der Waals surface area contributed by atoms with Gasteiger partial charge >= 0.3 is 0 Å². The maximum Gasteiger partial charge on any atom is 0.220 e. The van der Waals surface area contributed by atoms with Gasteiger partial charge in [-0.1, -0.05) is 46.0 Å². The van der Waals surface area contributed by atoms with E-state index >= 15 is 0 Å². The molecule has 3 heteroatoms. The van der Waals surface area contributed by atoms with Crippen molar-refractivity contribution >= 4 is 5.91 Å². The minimum absolute atomic E-state index is 0.227. The van der Waals surface area contributed by atoms with Crippen LogP contribution in [-0.2, 0) is 4.79 Å². The molecule has 0 aromatic rings. The SMILES string of the molecule is CCC(CCN)CCC(=O)NCCC1CCC(C)CC1. The zero-order valence-electron chi connectivity index (χ0n) is 13.5. The Kier molecular flexibility index (Phi) is 8.92. The van der Waals surface area contributed by atoms with E-state index < -0.39 is 0 Å². The van der Waals surface area contributed by atoms with Gasteiger partial charge in [0.05, 0.1) is 0 Å². The van der Waals surface area contributed by atoms with Gasteiger partial charge in [0.25, 0.3) is 0 Å². The average Bonchev–Trinajstić information content (AvgIpc) is 2.45. The maximum atomic E-state index is 11.8. The fourth-order valence-corrected chi connectivity index (χ4v) is 3.25. The molecule has 118 valence electrons. The van der Waals surface area contributed by atoms with Crippen LogP contribution >= 0.6 is 0 Å². The molecule has 1 aliphatic rings. The van der Waals surface area contributed by atoms with Gasteiger partial charge in [0.1, 0.15) is 0 Å². The summed E-state index contributed by atoms with van der Waals surface area (Å²) in [6, 6.07) is 0. The molecule has 1 saturated carbocycles. The molecule has 1 amide bonds. The lowest BCUT2D eigenvalue weighted by Gasteiger charge is -2.26. The van der Waals surface area contributed by atoms with Crippen LogP contribution in [-0.4, -0.2) is 19.0 Å². The van der Waals surface area contributed by atoms with Gasteiger partial charge in [-0.2, -0.15) is 0 Å². The van der Waals surface area contributed by atoms with E-state index in [1.807, 2.05) is 0 Å². The Morgan fingerprint density at radius 3 is 2.55 bits per heavy atom. The Morgan fingerprint density at radius 2 is 1.95 bits per heavy atom. The molecule has 3 nitrogen and oxygen atoms in total. The second-order valence-corrected chi connectivity index (χ2v) is 6.65. The van der Waals surface area contributed by atoms with Crippen molar-refractivity contribution in [3.63, 3.8) is 0 Å². The van der Waals surface area contributed by atoms with Crippen LogP contribution in [0.1, 0.15) is 71.6 Å². The highest BCUT2D eigenvalue weighted by atomic mass is 16.1. The van der Waals surface area contributed by atoms with Gasteiger partial charge in [0, 0.05) is 13.0 Å². The van der Waals surface area contributed by atoms with Crippen molar-refractivity contribution < 1.29 is 4.79 Å². The molecule has 3 N–H and O–H groups in total. The standard InChI is InChI=1S/C17H34N2O/c1-3-15(10-12-18)8-9-17(20)19-13-11-16-6-4-14(2)5-7-16/h14-16H,3-13,18H2,1-2H3,(H,19,20). The molecule has 0 aromatic carbocycles. The Morgan fingerprint density at radius 1 is 1.25 bits per heavy atom. The van der Waals surface area contributed by atoms with E-state index in [-0.39, 0.29) is 5.91 Å². The molecular formula is C17H34N2O. The number of hydrogen-bond acceptors (Lipinski definition) is 2. The highest BCUT2D eigenvalue weighted by molar-refractivity contribution is 5.75. The first-order chi connectivity index (χ1) is 9.65. The van der Waals surface area contributed by atoms with E-state index in [9.17, 15) is 4.79 Å². The third-order valence-corrected chi connectivity index (χ3v) is 4.94. The van der Waals surface area contributed by atoms with Crippen molar-refractivity contribution in [1.82, 2.24) is 5.32 Å². The lowest BCUT2D eigenvalue weighted by atomic mass is 9.81. The Balaban J connectivity index is 2.05. The summed E-state index contributed by atoms with van der Waals surface area (Å²) in [7, 11) is 0. The zero-order chi connectivity index (χ0) is 14.8. The van der Waals surface area contributed by atoms with Crippen LogP contribution < -0.4 is 11.1 Å². The molecule has 0 spiro atoms. The summed E-state index contributed by atoms with van der Waals surface area (Å²) in [5, 5.41) is 3.09. The number of nitrogens with one attached hydrogen (secondary N) is 1. The molecule has 0 radical (unpaired) electrons. The minimum Gasteiger partial charge on any atom is -0.356 e. The number of amides is 1. The monoisotopic (exact) mass is 282 g/mol. The third kappa shape index (κ3) is 7.28. The minimum atomic E-state index is 0.227. The van der Waals surface area contributed by atoms with E-state index in [0.717, 1.165) is 44.2 Å². The molecule has 0 aliphatic heterocycles.